The van der Waals surface area contributed by atoms with Gasteiger partial charge in [0.15, 0.2) is 5.52 Å². The first-order valence-electron chi connectivity index (χ1n) is 6.01. The van der Waals surface area contributed by atoms with Crippen LogP contribution in [0.4, 0.5) is 11.4 Å². The number of aromatic nitrogens is 2. The lowest BCUT2D eigenvalue weighted by molar-refractivity contribution is -0.383. The minimum Gasteiger partial charge on any atom is -0.382 e. The number of benzene rings is 1. The Hall–Kier alpha value is -1.83. The number of anilines is 1. The van der Waals surface area contributed by atoms with Gasteiger partial charge in [0.1, 0.15) is 0 Å². The van der Waals surface area contributed by atoms with Crippen LogP contribution in [0, 0.1) is 10.1 Å². The quantitative estimate of drug-likeness (QED) is 0.678. The van der Waals surface area contributed by atoms with Crippen LogP contribution in [-0.2, 0) is 0 Å². The van der Waals surface area contributed by atoms with Crippen LogP contribution in [0.1, 0.15) is 12.8 Å². The number of fused-ring (bicyclic) bond motifs is 1. The Balaban J connectivity index is 1.85. The van der Waals surface area contributed by atoms with E-state index < -0.39 is 4.92 Å². The highest BCUT2D eigenvalue weighted by atomic mass is 32.2. The summed E-state index contributed by atoms with van der Waals surface area (Å²) in [6.07, 6.45) is 2.45. The van der Waals surface area contributed by atoms with Gasteiger partial charge in [-0.25, -0.2) is 4.63 Å². The lowest BCUT2D eigenvalue weighted by Crippen LogP contribution is -2.13. The SMILES string of the molecule is O=[N+]([O-])c1ccc(NCC2CCCS2)c2nonc12. The van der Waals surface area contributed by atoms with Crippen LogP contribution in [-0.4, -0.2) is 32.8 Å². The fraction of sp³-hybridized carbons (Fsp3) is 0.455. The number of rotatable bonds is 4. The van der Waals surface area contributed by atoms with E-state index in [1.165, 1.54) is 24.7 Å². The van der Waals surface area contributed by atoms with Crippen LogP contribution in [0.5, 0.6) is 0 Å². The normalized spacial score (nSPS) is 18.8. The lowest BCUT2D eigenvalue weighted by atomic mass is 10.2. The molecule has 1 unspecified atom stereocenters. The van der Waals surface area contributed by atoms with Gasteiger partial charge in [0.05, 0.1) is 10.6 Å². The third-order valence-electron chi connectivity index (χ3n) is 3.14. The number of hydrogen-bond donors (Lipinski definition) is 1. The van der Waals surface area contributed by atoms with Gasteiger partial charge < -0.3 is 5.32 Å². The van der Waals surface area contributed by atoms with Crippen molar-refractivity contribution in [1.82, 2.24) is 10.3 Å². The van der Waals surface area contributed by atoms with Gasteiger partial charge in [-0.05, 0) is 35.0 Å². The van der Waals surface area contributed by atoms with Crippen molar-refractivity contribution >= 4 is 34.2 Å². The molecule has 0 aliphatic carbocycles. The maximum Gasteiger partial charge on any atom is 0.300 e. The van der Waals surface area contributed by atoms with Crippen LogP contribution in [0.2, 0.25) is 0 Å². The smallest absolute Gasteiger partial charge is 0.300 e. The maximum atomic E-state index is 10.9. The Morgan fingerprint density at radius 2 is 2.32 bits per heavy atom. The van der Waals surface area contributed by atoms with Gasteiger partial charge in [-0.1, -0.05) is 0 Å². The first-order valence-corrected chi connectivity index (χ1v) is 7.05. The number of nitro benzene ring substituents is 1. The molecule has 19 heavy (non-hydrogen) atoms. The van der Waals surface area contributed by atoms with E-state index in [1.807, 2.05) is 11.8 Å². The van der Waals surface area contributed by atoms with Gasteiger partial charge in [0.2, 0.25) is 5.52 Å². The highest BCUT2D eigenvalue weighted by molar-refractivity contribution is 8.00. The summed E-state index contributed by atoms with van der Waals surface area (Å²) in [5, 5.41) is 22.1. The van der Waals surface area contributed by atoms with E-state index >= 15 is 0 Å². The number of nitro groups is 1. The minimum atomic E-state index is -0.483. The molecule has 0 spiro atoms. The molecule has 0 amide bonds. The van der Waals surface area contributed by atoms with Gasteiger partial charge in [0.25, 0.3) is 0 Å². The third kappa shape index (κ3) is 2.35. The van der Waals surface area contributed by atoms with Crippen molar-refractivity contribution in [2.45, 2.75) is 18.1 Å². The zero-order valence-corrected chi connectivity index (χ0v) is 10.9. The first-order chi connectivity index (χ1) is 9.25. The predicted octanol–water partition coefficient (Wildman–Crippen LogP) is 2.44. The van der Waals surface area contributed by atoms with E-state index in [0.717, 1.165) is 12.2 Å². The monoisotopic (exact) mass is 280 g/mol. The van der Waals surface area contributed by atoms with Crippen molar-refractivity contribution in [1.29, 1.82) is 0 Å². The standard InChI is InChI=1S/C11H12N4O3S/c16-15(17)9-4-3-8(10-11(9)14-18-13-10)12-6-7-2-1-5-19-7/h3-4,7,12H,1-2,5-6H2. The Bertz CT molecular complexity index is 609. The highest BCUT2D eigenvalue weighted by Crippen LogP contribution is 2.30. The van der Waals surface area contributed by atoms with E-state index in [0.29, 0.717) is 10.8 Å². The molecule has 2 aromatic rings. The number of thioether (sulfide) groups is 1. The second-order valence-corrected chi connectivity index (χ2v) is 5.77. The number of non-ortho nitro benzene ring substituents is 1. The molecule has 0 saturated carbocycles. The topological polar surface area (TPSA) is 94.1 Å². The third-order valence-corrected chi connectivity index (χ3v) is 4.53. The van der Waals surface area contributed by atoms with Crippen LogP contribution in [0.3, 0.4) is 0 Å². The summed E-state index contributed by atoms with van der Waals surface area (Å²) in [6.45, 7) is 0.824. The zero-order chi connectivity index (χ0) is 13.2. The highest BCUT2D eigenvalue weighted by Gasteiger charge is 2.21. The molecule has 1 aromatic heterocycles. The van der Waals surface area contributed by atoms with Crippen molar-refractivity contribution in [3.05, 3.63) is 22.2 Å². The average Bonchev–Trinajstić information content (AvgIpc) is 3.06. The molecule has 1 atom stereocenters. The second-order valence-electron chi connectivity index (χ2n) is 4.37. The first kappa shape index (κ1) is 12.2. The lowest BCUT2D eigenvalue weighted by Gasteiger charge is -2.11. The largest absolute Gasteiger partial charge is 0.382 e. The molecule has 0 radical (unpaired) electrons. The Labute approximate surface area is 112 Å². The fourth-order valence-electron chi connectivity index (χ4n) is 2.17. The summed E-state index contributed by atoms with van der Waals surface area (Å²) in [4.78, 5) is 10.4. The summed E-state index contributed by atoms with van der Waals surface area (Å²) >= 11 is 1.95. The number of nitrogens with one attached hydrogen (secondary N) is 1. The fourth-order valence-corrected chi connectivity index (χ4v) is 3.37. The van der Waals surface area contributed by atoms with Gasteiger partial charge in [-0.15, -0.1) is 0 Å². The molecule has 8 heteroatoms. The summed E-state index contributed by atoms with van der Waals surface area (Å²) in [5.74, 6) is 1.20. The Morgan fingerprint density at radius 1 is 1.47 bits per heavy atom. The molecule has 100 valence electrons. The molecular weight excluding hydrogens is 268 g/mol. The van der Waals surface area contributed by atoms with Gasteiger partial charge in [0, 0.05) is 17.9 Å². The molecule has 1 N–H and O–H groups in total. The van der Waals surface area contributed by atoms with Crippen LogP contribution < -0.4 is 5.32 Å². The molecule has 1 aliphatic rings. The minimum absolute atomic E-state index is 0.0861. The van der Waals surface area contributed by atoms with Gasteiger partial charge >= 0.3 is 5.69 Å². The molecule has 2 heterocycles. The van der Waals surface area contributed by atoms with Crippen molar-refractivity contribution in [3.8, 4) is 0 Å². The molecule has 1 saturated heterocycles. The number of hydrogen-bond acceptors (Lipinski definition) is 7. The van der Waals surface area contributed by atoms with Crippen molar-refractivity contribution in [2.75, 3.05) is 17.6 Å². The molecular formula is C11H12N4O3S. The van der Waals surface area contributed by atoms with E-state index in [1.54, 1.807) is 6.07 Å². The zero-order valence-electron chi connectivity index (χ0n) is 10.0. The average molecular weight is 280 g/mol. The van der Waals surface area contributed by atoms with Crippen molar-refractivity contribution in [3.63, 3.8) is 0 Å². The molecule has 1 aromatic carbocycles. The Kier molecular flexibility index (Phi) is 3.24. The van der Waals surface area contributed by atoms with Gasteiger partial charge in [-0.3, -0.25) is 10.1 Å². The predicted molar refractivity (Wildman–Crippen MR) is 72.4 cm³/mol. The molecule has 7 nitrogen and oxygen atoms in total. The summed E-state index contributed by atoms with van der Waals surface area (Å²) in [7, 11) is 0. The van der Waals surface area contributed by atoms with Crippen LogP contribution >= 0.6 is 11.8 Å². The van der Waals surface area contributed by atoms with Gasteiger partial charge in [-0.2, -0.15) is 11.8 Å². The van der Waals surface area contributed by atoms with Crippen molar-refractivity contribution in [2.24, 2.45) is 0 Å². The summed E-state index contributed by atoms with van der Waals surface area (Å²) in [6, 6.07) is 3.08. The molecule has 1 fully saturated rings. The molecule has 0 bridgehead atoms. The number of nitrogens with zero attached hydrogens (tertiary/aromatic N) is 3. The van der Waals surface area contributed by atoms with E-state index in [4.69, 9.17) is 0 Å². The maximum absolute atomic E-state index is 10.9. The second kappa shape index (κ2) is 5.04. The molecule has 1 aliphatic heterocycles. The Morgan fingerprint density at radius 3 is 3.05 bits per heavy atom. The van der Waals surface area contributed by atoms with E-state index in [-0.39, 0.29) is 11.2 Å². The van der Waals surface area contributed by atoms with Crippen molar-refractivity contribution < 1.29 is 9.55 Å². The van der Waals surface area contributed by atoms with E-state index in [9.17, 15) is 10.1 Å². The van der Waals surface area contributed by atoms with Crippen LogP contribution in [0.25, 0.3) is 11.0 Å². The van der Waals surface area contributed by atoms with E-state index in [2.05, 4.69) is 20.3 Å². The molecule has 3 rings (SSSR count). The summed E-state index contributed by atoms with van der Waals surface area (Å²) in [5.41, 5.74) is 1.25. The van der Waals surface area contributed by atoms with Crippen LogP contribution in [0.15, 0.2) is 16.8 Å². The summed E-state index contributed by atoms with van der Waals surface area (Å²) < 4.78 is 4.62.